The van der Waals surface area contributed by atoms with Crippen molar-refractivity contribution in [2.24, 2.45) is 5.92 Å². The first-order chi connectivity index (χ1) is 12.0. The molecule has 2 rings (SSSR count). The molecule has 1 fully saturated rings. The zero-order valence-electron chi connectivity index (χ0n) is 15.2. The van der Waals surface area contributed by atoms with Gasteiger partial charge in [-0.1, -0.05) is 57.6 Å². The Morgan fingerprint density at radius 1 is 1.24 bits per heavy atom. The zero-order chi connectivity index (χ0) is 18.2. The van der Waals surface area contributed by atoms with Crippen LogP contribution < -0.4 is 10.6 Å². The van der Waals surface area contributed by atoms with Crippen LogP contribution in [0.15, 0.2) is 18.2 Å². The fourth-order valence-corrected chi connectivity index (χ4v) is 3.61. The van der Waals surface area contributed by atoms with Crippen molar-refractivity contribution in [3.8, 4) is 0 Å². The van der Waals surface area contributed by atoms with Crippen molar-refractivity contribution in [1.29, 1.82) is 0 Å². The number of anilines is 1. The van der Waals surface area contributed by atoms with Crippen molar-refractivity contribution in [3.05, 3.63) is 28.8 Å². The van der Waals surface area contributed by atoms with Crippen LogP contribution in [0.25, 0.3) is 0 Å². The maximum absolute atomic E-state index is 12.5. The lowest BCUT2D eigenvalue weighted by Crippen LogP contribution is -2.36. The highest BCUT2D eigenvalue weighted by molar-refractivity contribution is 6.34. The molecule has 1 saturated carbocycles. The molecule has 1 atom stereocenters. The van der Waals surface area contributed by atoms with Gasteiger partial charge in [-0.05, 0) is 37.0 Å². The van der Waals surface area contributed by atoms with Gasteiger partial charge in [0, 0.05) is 18.2 Å². The summed E-state index contributed by atoms with van der Waals surface area (Å²) in [7, 11) is 0. The van der Waals surface area contributed by atoms with E-state index in [1.807, 2.05) is 0 Å². The van der Waals surface area contributed by atoms with Gasteiger partial charge in [-0.2, -0.15) is 0 Å². The molecule has 0 bridgehead atoms. The molecule has 2 N–H and O–H groups in total. The molecule has 1 unspecified atom stereocenters. The molecule has 2 amide bonds. The van der Waals surface area contributed by atoms with E-state index in [1.54, 1.807) is 18.2 Å². The Hall–Kier alpha value is -1.55. The third kappa shape index (κ3) is 6.35. The largest absolute Gasteiger partial charge is 0.349 e. The molecule has 1 aliphatic carbocycles. The van der Waals surface area contributed by atoms with Gasteiger partial charge in [0.25, 0.3) is 5.91 Å². The number of rotatable bonds is 7. The molecule has 25 heavy (non-hydrogen) atoms. The van der Waals surface area contributed by atoms with Crippen molar-refractivity contribution >= 4 is 29.1 Å². The molecule has 0 heterocycles. The van der Waals surface area contributed by atoms with Crippen molar-refractivity contribution < 1.29 is 9.59 Å². The number of carbonyl (C=O) groups is 2. The topological polar surface area (TPSA) is 58.2 Å². The second kappa shape index (κ2) is 9.81. The standard InChI is InChI=1S/C20H29ClN2O2/c1-3-7-14(2)12-19(24)22-16-10-11-18(21)17(13-16)20(25)23-15-8-5-4-6-9-15/h10-11,13-15H,3-9,12H2,1-2H3,(H,22,24)(H,23,25). The van der Waals surface area contributed by atoms with E-state index in [1.165, 1.54) is 6.42 Å². The first-order valence-electron chi connectivity index (χ1n) is 9.39. The molecule has 0 radical (unpaired) electrons. The summed E-state index contributed by atoms with van der Waals surface area (Å²) in [5.41, 5.74) is 1.04. The molecule has 1 aliphatic rings. The normalized spacial score (nSPS) is 16.3. The monoisotopic (exact) mass is 364 g/mol. The fraction of sp³-hybridized carbons (Fsp3) is 0.600. The van der Waals surface area contributed by atoms with Crippen LogP contribution in [0.4, 0.5) is 5.69 Å². The van der Waals surface area contributed by atoms with Gasteiger partial charge >= 0.3 is 0 Å². The molecule has 1 aromatic carbocycles. The molecule has 0 aromatic heterocycles. The van der Waals surface area contributed by atoms with Crippen LogP contribution in [0.5, 0.6) is 0 Å². The Balaban J connectivity index is 1.98. The van der Waals surface area contributed by atoms with E-state index in [4.69, 9.17) is 11.6 Å². The Kier molecular flexibility index (Phi) is 7.76. The molecule has 4 nitrogen and oxygen atoms in total. The maximum Gasteiger partial charge on any atom is 0.253 e. The van der Waals surface area contributed by atoms with Gasteiger partial charge in [-0.15, -0.1) is 0 Å². The second-order valence-electron chi connectivity index (χ2n) is 7.15. The van der Waals surface area contributed by atoms with E-state index >= 15 is 0 Å². The zero-order valence-corrected chi connectivity index (χ0v) is 16.0. The van der Waals surface area contributed by atoms with Gasteiger partial charge in [-0.3, -0.25) is 9.59 Å². The summed E-state index contributed by atoms with van der Waals surface area (Å²) in [4.78, 5) is 24.7. The predicted octanol–water partition coefficient (Wildman–Crippen LogP) is 5.17. The van der Waals surface area contributed by atoms with E-state index in [0.29, 0.717) is 28.6 Å². The van der Waals surface area contributed by atoms with Crippen molar-refractivity contribution in [3.63, 3.8) is 0 Å². The summed E-state index contributed by atoms with van der Waals surface area (Å²) in [6, 6.07) is 5.30. The van der Waals surface area contributed by atoms with E-state index in [-0.39, 0.29) is 17.9 Å². The summed E-state index contributed by atoms with van der Waals surface area (Å²) < 4.78 is 0. The molecular weight excluding hydrogens is 336 g/mol. The number of nitrogens with one attached hydrogen (secondary N) is 2. The quantitative estimate of drug-likeness (QED) is 0.701. The van der Waals surface area contributed by atoms with Crippen LogP contribution in [-0.2, 0) is 4.79 Å². The Morgan fingerprint density at radius 3 is 2.64 bits per heavy atom. The van der Waals surface area contributed by atoms with Gasteiger partial charge in [0.1, 0.15) is 0 Å². The van der Waals surface area contributed by atoms with Gasteiger partial charge in [-0.25, -0.2) is 0 Å². The van der Waals surface area contributed by atoms with Crippen LogP contribution in [0.2, 0.25) is 5.02 Å². The first kappa shape index (κ1) is 19.8. The lowest BCUT2D eigenvalue weighted by Gasteiger charge is -2.23. The van der Waals surface area contributed by atoms with E-state index in [2.05, 4.69) is 24.5 Å². The first-order valence-corrected chi connectivity index (χ1v) is 9.77. The highest BCUT2D eigenvalue weighted by atomic mass is 35.5. The van der Waals surface area contributed by atoms with Crippen molar-refractivity contribution in [2.75, 3.05) is 5.32 Å². The lowest BCUT2D eigenvalue weighted by molar-refractivity contribution is -0.117. The smallest absolute Gasteiger partial charge is 0.253 e. The minimum Gasteiger partial charge on any atom is -0.349 e. The summed E-state index contributed by atoms with van der Waals surface area (Å²) in [6.45, 7) is 4.19. The van der Waals surface area contributed by atoms with E-state index in [0.717, 1.165) is 38.5 Å². The van der Waals surface area contributed by atoms with Gasteiger partial charge in [0.2, 0.25) is 5.91 Å². The maximum atomic E-state index is 12.5. The van der Waals surface area contributed by atoms with Gasteiger partial charge < -0.3 is 10.6 Å². The van der Waals surface area contributed by atoms with Crippen LogP contribution in [-0.4, -0.2) is 17.9 Å². The fourth-order valence-electron chi connectivity index (χ4n) is 3.41. The summed E-state index contributed by atoms with van der Waals surface area (Å²) >= 11 is 6.20. The number of amides is 2. The highest BCUT2D eigenvalue weighted by Crippen LogP contribution is 2.23. The number of halogens is 1. The average Bonchev–Trinajstić information content (AvgIpc) is 2.57. The number of hydrogen-bond acceptors (Lipinski definition) is 2. The minimum absolute atomic E-state index is 0.0260. The molecule has 0 aliphatic heterocycles. The SMILES string of the molecule is CCCC(C)CC(=O)Nc1ccc(Cl)c(C(=O)NC2CCCCC2)c1. The molecule has 1 aromatic rings. The molecule has 0 spiro atoms. The Morgan fingerprint density at radius 2 is 1.96 bits per heavy atom. The van der Waals surface area contributed by atoms with Crippen molar-refractivity contribution in [2.45, 2.75) is 71.3 Å². The Bertz CT molecular complexity index is 597. The van der Waals surface area contributed by atoms with E-state index in [9.17, 15) is 9.59 Å². The third-order valence-corrected chi connectivity index (χ3v) is 5.08. The molecule has 138 valence electrons. The highest BCUT2D eigenvalue weighted by Gasteiger charge is 2.19. The van der Waals surface area contributed by atoms with Crippen molar-refractivity contribution in [1.82, 2.24) is 5.32 Å². The third-order valence-electron chi connectivity index (χ3n) is 4.75. The average molecular weight is 365 g/mol. The number of carbonyl (C=O) groups excluding carboxylic acids is 2. The molecule has 5 heteroatoms. The lowest BCUT2D eigenvalue weighted by atomic mass is 9.95. The van der Waals surface area contributed by atoms with E-state index < -0.39 is 0 Å². The Labute approximate surface area is 155 Å². The summed E-state index contributed by atoms with van der Waals surface area (Å²) in [6.07, 6.45) is 8.19. The van der Waals surface area contributed by atoms with Crippen LogP contribution in [0, 0.1) is 5.92 Å². The van der Waals surface area contributed by atoms with Crippen LogP contribution in [0.3, 0.4) is 0 Å². The second-order valence-corrected chi connectivity index (χ2v) is 7.56. The molecular formula is C20H29ClN2O2. The van der Waals surface area contributed by atoms with Gasteiger partial charge in [0.05, 0.1) is 10.6 Å². The number of hydrogen-bond donors (Lipinski definition) is 2. The van der Waals surface area contributed by atoms with Gasteiger partial charge in [0.15, 0.2) is 0 Å². The number of benzene rings is 1. The van der Waals surface area contributed by atoms with Crippen LogP contribution in [0.1, 0.15) is 75.6 Å². The van der Waals surface area contributed by atoms with Crippen LogP contribution >= 0.6 is 11.6 Å². The summed E-state index contributed by atoms with van der Waals surface area (Å²) in [5, 5.41) is 6.36. The minimum atomic E-state index is -0.160. The molecule has 0 saturated heterocycles. The predicted molar refractivity (Wildman–Crippen MR) is 103 cm³/mol. The summed E-state index contributed by atoms with van der Waals surface area (Å²) in [5.74, 6) is 0.167.